The van der Waals surface area contributed by atoms with E-state index in [0.29, 0.717) is 10.6 Å². The summed E-state index contributed by atoms with van der Waals surface area (Å²) in [6, 6.07) is 6.92. The van der Waals surface area contributed by atoms with Gasteiger partial charge in [-0.3, -0.25) is 4.90 Å². The molecule has 0 unspecified atom stereocenters. The third-order valence-corrected chi connectivity index (χ3v) is 4.53. The second-order valence-electron chi connectivity index (χ2n) is 6.06. The smallest absolute Gasteiger partial charge is 0.385 e. The van der Waals surface area contributed by atoms with Gasteiger partial charge in [0.2, 0.25) is 0 Å². The van der Waals surface area contributed by atoms with E-state index in [2.05, 4.69) is 0 Å². The van der Waals surface area contributed by atoms with Gasteiger partial charge >= 0.3 is 6.18 Å². The summed E-state index contributed by atoms with van der Waals surface area (Å²) < 4.78 is 38.1. The summed E-state index contributed by atoms with van der Waals surface area (Å²) in [5.74, 6) is 0. The van der Waals surface area contributed by atoms with Crippen molar-refractivity contribution in [1.82, 2.24) is 4.90 Å². The fourth-order valence-electron chi connectivity index (χ4n) is 2.71. The number of hydrogen-bond acceptors (Lipinski definition) is 3. The van der Waals surface area contributed by atoms with Gasteiger partial charge in [0.05, 0.1) is 5.60 Å². The van der Waals surface area contributed by atoms with E-state index in [-0.39, 0.29) is 25.9 Å². The van der Waals surface area contributed by atoms with Crippen LogP contribution in [0.4, 0.5) is 13.2 Å². The number of likely N-dealkylation sites (tertiary alicyclic amines) is 1. The molecule has 0 spiro atoms. The third kappa shape index (κ3) is 3.56. The fourth-order valence-corrected chi connectivity index (χ4v) is 3.03. The Morgan fingerprint density at radius 3 is 2.27 bits per heavy atom. The van der Waals surface area contributed by atoms with Crippen LogP contribution in [0, 0.1) is 0 Å². The van der Waals surface area contributed by atoms with Gasteiger partial charge in [0.1, 0.15) is 0 Å². The van der Waals surface area contributed by atoms with E-state index in [0.717, 1.165) is 6.92 Å². The number of rotatable bonds is 3. The van der Waals surface area contributed by atoms with Crippen molar-refractivity contribution in [1.29, 1.82) is 0 Å². The molecule has 0 aromatic heterocycles. The third-order valence-electron chi connectivity index (χ3n) is 4.20. The summed E-state index contributed by atoms with van der Waals surface area (Å²) in [4.78, 5) is 1.51. The quantitative estimate of drug-likeness (QED) is 0.891. The lowest BCUT2D eigenvalue weighted by molar-refractivity contribution is -0.259. The van der Waals surface area contributed by atoms with Crippen molar-refractivity contribution >= 4 is 11.6 Å². The van der Waals surface area contributed by atoms with E-state index in [4.69, 9.17) is 11.6 Å². The van der Waals surface area contributed by atoms with Crippen LogP contribution in [0.5, 0.6) is 0 Å². The standard InChI is InChI=1S/C15H19ClF3NO2/c1-13(21,15(17,18)19)10-20-8-6-14(22,7-9-20)11-4-2-3-5-12(11)16/h2-5,21-22H,6-10H2,1H3/t13-/m0/s1. The van der Waals surface area contributed by atoms with E-state index in [1.807, 2.05) is 0 Å². The van der Waals surface area contributed by atoms with Crippen molar-refractivity contribution in [3.8, 4) is 0 Å². The maximum Gasteiger partial charge on any atom is 0.418 e. The van der Waals surface area contributed by atoms with Gasteiger partial charge in [-0.15, -0.1) is 0 Å². The zero-order valence-corrected chi connectivity index (χ0v) is 13.0. The lowest BCUT2D eigenvalue weighted by Crippen LogP contribution is -2.54. The molecule has 2 N–H and O–H groups in total. The molecule has 3 nitrogen and oxygen atoms in total. The first kappa shape index (κ1) is 17.5. The highest BCUT2D eigenvalue weighted by Crippen LogP contribution is 2.38. The van der Waals surface area contributed by atoms with Gasteiger partial charge in [0.25, 0.3) is 0 Å². The predicted molar refractivity (Wildman–Crippen MR) is 77.7 cm³/mol. The summed E-state index contributed by atoms with van der Waals surface area (Å²) >= 11 is 6.09. The number of β-amino-alcohol motifs (C(OH)–C–C–N with tert-alkyl or cyclic N) is 1. The van der Waals surface area contributed by atoms with Gasteiger partial charge in [-0.2, -0.15) is 13.2 Å². The van der Waals surface area contributed by atoms with Crippen LogP contribution in [-0.4, -0.2) is 46.5 Å². The Morgan fingerprint density at radius 2 is 1.77 bits per heavy atom. The fraction of sp³-hybridized carbons (Fsp3) is 0.600. The highest BCUT2D eigenvalue weighted by Gasteiger charge is 2.51. The topological polar surface area (TPSA) is 43.7 Å². The highest BCUT2D eigenvalue weighted by molar-refractivity contribution is 6.31. The van der Waals surface area contributed by atoms with Gasteiger partial charge in [-0.25, -0.2) is 0 Å². The first-order chi connectivity index (χ1) is 10.1. The van der Waals surface area contributed by atoms with Crippen molar-refractivity contribution in [2.24, 2.45) is 0 Å². The molecule has 1 fully saturated rings. The molecule has 1 saturated heterocycles. The van der Waals surface area contributed by atoms with E-state index >= 15 is 0 Å². The predicted octanol–water partition coefficient (Wildman–Crippen LogP) is 2.94. The molecule has 1 heterocycles. The zero-order chi connectivity index (χ0) is 16.6. The maximum absolute atomic E-state index is 12.7. The zero-order valence-electron chi connectivity index (χ0n) is 12.2. The molecule has 2 rings (SSSR count). The van der Waals surface area contributed by atoms with E-state index in [9.17, 15) is 23.4 Å². The molecule has 1 aliphatic rings. The van der Waals surface area contributed by atoms with Crippen molar-refractivity contribution in [3.05, 3.63) is 34.9 Å². The molecule has 124 valence electrons. The molecule has 1 aliphatic heterocycles. The number of alkyl halides is 3. The van der Waals surface area contributed by atoms with Gasteiger partial charge in [-0.05, 0) is 25.8 Å². The Kier molecular flexibility index (Phi) is 4.78. The summed E-state index contributed by atoms with van der Waals surface area (Å²) in [6.45, 7) is 0.777. The number of piperidine rings is 1. The number of halogens is 4. The molecular weight excluding hydrogens is 319 g/mol. The number of benzene rings is 1. The number of nitrogens with zero attached hydrogens (tertiary/aromatic N) is 1. The van der Waals surface area contributed by atoms with Gasteiger partial charge in [0.15, 0.2) is 5.60 Å². The Hall–Kier alpha value is -0.820. The highest BCUT2D eigenvalue weighted by atomic mass is 35.5. The van der Waals surface area contributed by atoms with Crippen LogP contribution in [0.2, 0.25) is 5.02 Å². The minimum absolute atomic E-state index is 0.258. The molecule has 7 heteroatoms. The van der Waals surface area contributed by atoms with Crippen LogP contribution in [-0.2, 0) is 5.60 Å². The Bertz CT molecular complexity index is 526. The average molecular weight is 338 g/mol. The molecule has 1 aromatic carbocycles. The van der Waals surface area contributed by atoms with Crippen LogP contribution in [0.15, 0.2) is 24.3 Å². The molecule has 0 amide bonds. The maximum atomic E-state index is 12.7. The average Bonchev–Trinajstić information content (AvgIpc) is 2.40. The number of aliphatic hydroxyl groups is 2. The second kappa shape index (κ2) is 6.00. The number of hydrogen-bond donors (Lipinski definition) is 2. The first-order valence-corrected chi connectivity index (χ1v) is 7.42. The summed E-state index contributed by atoms with van der Waals surface area (Å²) in [5, 5.41) is 20.7. The minimum atomic E-state index is -4.68. The lowest BCUT2D eigenvalue weighted by Gasteiger charge is -2.41. The molecular formula is C15H19ClF3NO2. The Labute approximate surface area is 132 Å². The Balaban J connectivity index is 2.03. The van der Waals surface area contributed by atoms with Crippen molar-refractivity contribution in [3.63, 3.8) is 0 Å². The molecule has 0 bridgehead atoms. The van der Waals surface area contributed by atoms with Crippen LogP contribution < -0.4 is 0 Å². The van der Waals surface area contributed by atoms with Crippen molar-refractivity contribution in [2.75, 3.05) is 19.6 Å². The summed E-state index contributed by atoms with van der Waals surface area (Å²) in [7, 11) is 0. The van der Waals surface area contributed by atoms with E-state index < -0.39 is 23.9 Å². The Morgan fingerprint density at radius 1 is 1.23 bits per heavy atom. The normalized spacial score (nSPS) is 22.3. The lowest BCUT2D eigenvalue weighted by atomic mass is 9.84. The van der Waals surface area contributed by atoms with E-state index in [1.54, 1.807) is 24.3 Å². The second-order valence-corrected chi connectivity index (χ2v) is 6.47. The minimum Gasteiger partial charge on any atom is -0.385 e. The van der Waals surface area contributed by atoms with Crippen molar-refractivity contribution < 1.29 is 23.4 Å². The van der Waals surface area contributed by atoms with Crippen LogP contribution in [0.1, 0.15) is 25.3 Å². The van der Waals surface area contributed by atoms with Crippen LogP contribution in [0.25, 0.3) is 0 Å². The van der Waals surface area contributed by atoms with Gasteiger partial charge in [0, 0.05) is 30.2 Å². The molecule has 0 aliphatic carbocycles. The SMILES string of the molecule is C[C@](O)(CN1CCC(O)(c2ccccc2Cl)CC1)C(F)(F)F. The molecule has 1 atom stereocenters. The van der Waals surface area contributed by atoms with Crippen LogP contribution >= 0.6 is 11.6 Å². The summed E-state index contributed by atoms with van der Waals surface area (Å²) in [5.41, 5.74) is -3.30. The largest absolute Gasteiger partial charge is 0.418 e. The monoisotopic (exact) mass is 337 g/mol. The first-order valence-electron chi connectivity index (χ1n) is 7.04. The van der Waals surface area contributed by atoms with E-state index in [1.165, 1.54) is 4.90 Å². The van der Waals surface area contributed by atoms with Crippen molar-refractivity contribution in [2.45, 2.75) is 37.1 Å². The molecule has 0 saturated carbocycles. The molecule has 22 heavy (non-hydrogen) atoms. The van der Waals surface area contributed by atoms with Gasteiger partial charge in [-0.1, -0.05) is 29.8 Å². The molecule has 0 radical (unpaired) electrons. The molecule has 1 aromatic rings. The summed E-state index contributed by atoms with van der Waals surface area (Å²) in [6.07, 6.45) is -4.14. The van der Waals surface area contributed by atoms with Crippen LogP contribution in [0.3, 0.4) is 0 Å². The van der Waals surface area contributed by atoms with Gasteiger partial charge < -0.3 is 10.2 Å².